The van der Waals surface area contributed by atoms with Gasteiger partial charge in [-0.2, -0.15) is 0 Å². The van der Waals surface area contributed by atoms with Crippen molar-refractivity contribution in [1.82, 2.24) is 0 Å². The van der Waals surface area contributed by atoms with Crippen molar-refractivity contribution in [2.75, 3.05) is 24.3 Å². The summed E-state index contributed by atoms with van der Waals surface area (Å²) in [5, 5.41) is 16.1. The van der Waals surface area contributed by atoms with E-state index in [0.717, 1.165) is 0 Å². The molecule has 1 amide bonds. The van der Waals surface area contributed by atoms with Crippen LogP contribution in [0.15, 0.2) is 42.5 Å². The summed E-state index contributed by atoms with van der Waals surface area (Å²) in [6.45, 7) is -0.0858. The molecular formula is C15H14FN3O4. The van der Waals surface area contributed by atoms with Crippen molar-refractivity contribution < 1.29 is 18.8 Å². The smallest absolute Gasteiger partial charge is 0.271 e. The molecule has 8 heteroatoms. The SMILES string of the molecule is COc1ccc([N+](=O)[O-])cc1NC(=O)CNc1ccc(F)cc1. The van der Waals surface area contributed by atoms with Crippen LogP contribution in [0.2, 0.25) is 0 Å². The van der Waals surface area contributed by atoms with Crippen LogP contribution in [0.1, 0.15) is 0 Å². The number of ether oxygens (including phenoxy) is 1. The number of carbonyl (C=O) groups is 1. The van der Waals surface area contributed by atoms with Gasteiger partial charge in [-0.15, -0.1) is 0 Å². The van der Waals surface area contributed by atoms with Gasteiger partial charge in [-0.25, -0.2) is 4.39 Å². The third-order valence-electron chi connectivity index (χ3n) is 2.97. The lowest BCUT2D eigenvalue weighted by atomic mass is 10.2. The highest BCUT2D eigenvalue weighted by atomic mass is 19.1. The number of nitro groups is 1. The van der Waals surface area contributed by atoms with Crippen molar-refractivity contribution in [3.63, 3.8) is 0 Å². The summed E-state index contributed by atoms with van der Waals surface area (Å²) in [4.78, 5) is 22.2. The molecule has 120 valence electrons. The highest BCUT2D eigenvalue weighted by molar-refractivity contribution is 5.95. The maximum atomic E-state index is 12.8. The Labute approximate surface area is 131 Å². The zero-order valence-electron chi connectivity index (χ0n) is 12.2. The Morgan fingerprint density at radius 2 is 1.96 bits per heavy atom. The number of hydrogen-bond acceptors (Lipinski definition) is 5. The summed E-state index contributed by atoms with van der Waals surface area (Å²) < 4.78 is 17.8. The van der Waals surface area contributed by atoms with Crippen molar-refractivity contribution in [3.8, 4) is 5.75 Å². The predicted octanol–water partition coefficient (Wildman–Crippen LogP) is 2.79. The van der Waals surface area contributed by atoms with E-state index < -0.39 is 10.8 Å². The number of carbonyl (C=O) groups excluding carboxylic acids is 1. The molecular weight excluding hydrogens is 305 g/mol. The number of rotatable bonds is 6. The highest BCUT2D eigenvalue weighted by Crippen LogP contribution is 2.28. The first-order valence-electron chi connectivity index (χ1n) is 6.61. The van der Waals surface area contributed by atoms with Gasteiger partial charge in [-0.3, -0.25) is 14.9 Å². The van der Waals surface area contributed by atoms with Crippen LogP contribution in [0.25, 0.3) is 0 Å². The maximum absolute atomic E-state index is 12.8. The van der Waals surface area contributed by atoms with Crippen molar-refractivity contribution >= 4 is 23.0 Å². The average Bonchev–Trinajstić information content (AvgIpc) is 2.54. The van der Waals surface area contributed by atoms with Gasteiger partial charge < -0.3 is 15.4 Å². The maximum Gasteiger partial charge on any atom is 0.271 e. The molecule has 2 rings (SSSR count). The highest BCUT2D eigenvalue weighted by Gasteiger charge is 2.13. The number of nitrogens with zero attached hydrogens (tertiary/aromatic N) is 1. The van der Waals surface area contributed by atoms with Crippen LogP contribution in [-0.4, -0.2) is 24.5 Å². The number of benzene rings is 2. The van der Waals surface area contributed by atoms with Crippen LogP contribution < -0.4 is 15.4 Å². The summed E-state index contributed by atoms with van der Waals surface area (Å²) in [5.41, 5.74) is 0.618. The topological polar surface area (TPSA) is 93.5 Å². The van der Waals surface area contributed by atoms with Crippen LogP contribution in [0.4, 0.5) is 21.5 Å². The van der Waals surface area contributed by atoms with Gasteiger partial charge >= 0.3 is 0 Å². The van der Waals surface area contributed by atoms with E-state index in [9.17, 15) is 19.3 Å². The summed E-state index contributed by atoms with van der Waals surface area (Å²) in [6, 6.07) is 9.43. The van der Waals surface area contributed by atoms with Gasteiger partial charge in [0.1, 0.15) is 11.6 Å². The summed E-state index contributed by atoms with van der Waals surface area (Å²) in [7, 11) is 1.40. The Bertz CT molecular complexity index is 719. The zero-order valence-corrected chi connectivity index (χ0v) is 12.2. The third kappa shape index (κ3) is 4.40. The Balaban J connectivity index is 2.02. The van der Waals surface area contributed by atoms with Crippen molar-refractivity contribution in [2.24, 2.45) is 0 Å². The van der Waals surface area contributed by atoms with Crippen molar-refractivity contribution in [2.45, 2.75) is 0 Å². The second kappa shape index (κ2) is 7.21. The summed E-state index contributed by atoms with van der Waals surface area (Å²) >= 11 is 0. The molecule has 2 aromatic rings. The van der Waals surface area contributed by atoms with Gasteiger partial charge in [0.15, 0.2) is 0 Å². The van der Waals surface area contributed by atoms with E-state index in [0.29, 0.717) is 11.4 Å². The number of methoxy groups -OCH3 is 1. The molecule has 0 saturated carbocycles. The molecule has 0 fully saturated rings. The summed E-state index contributed by atoms with van der Waals surface area (Å²) in [6.07, 6.45) is 0. The molecule has 0 bridgehead atoms. The molecule has 7 nitrogen and oxygen atoms in total. The average molecular weight is 319 g/mol. The Hall–Kier alpha value is -3.16. The Morgan fingerprint density at radius 1 is 1.26 bits per heavy atom. The molecule has 23 heavy (non-hydrogen) atoms. The first kappa shape index (κ1) is 16.2. The number of nitrogens with one attached hydrogen (secondary N) is 2. The molecule has 0 aliphatic carbocycles. The molecule has 0 spiro atoms. The first-order chi connectivity index (χ1) is 11.0. The van der Waals surface area contributed by atoms with Crippen LogP contribution >= 0.6 is 0 Å². The van der Waals surface area contributed by atoms with Crippen LogP contribution in [0.3, 0.4) is 0 Å². The van der Waals surface area contributed by atoms with E-state index >= 15 is 0 Å². The molecule has 0 aliphatic rings. The molecule has 0 atom stereocenters. The van der Waals surface area contributed by atoms with Crippen molar-refractivity contribution in [3.05, 3.63) is 58.4 Å². The Kier molecular flexibility index (Phi) is 5.08. The minimum absolute atomic E-state index is 0.0858. The fourth-order valence-electron chi connectivity index (χ4n) is 1.85. The predicted molar refractivity (Wildman–Crippen MR) is 83.2 cm³/mol. The quantitative estimate of drug-likeness (QED) is 0.631. The van der Waals surface area contributed by atoms with Gasteiger partial charge in [-0.05, 0) is 30.3 Å². The Morgan fingerprint density at radius 3 is 2.57 bits per heavy atom. The normalized spacial score (nSPS) is 10.0. The fourth-order valence-corrected chi connectivity index (χ4v) is 1.85. The molecule has 0 saturated heterocycles. The number of amides is 1. The first-order valence-corrected chi connectivity index (χ1v) is 6.61. The van der Waals surface area contributed by atoms with Gasteiger partial charge in [0.2, 0.25) is 5.91 Å². The second-order valence-electron chi connectivity index (χ2n) is 4.55. The fraction of sp³-hybridized carbons (Fsp3) is 0.133. The largest absolute Gasteiger partial charge is 0.495 e. The number of hydrogen-bond donors (Lipinski definition) is 2. The van der Waals surface area contributed by atoms with E-state index in [-0.39, 0.29) is 23.7 Å². The van der Waals surface area contributed by atoms with E-state index in [1.807, 2.05) is 0 Å². The van der Waals surface area contributed by atoms with Crippen LogP contribution in [0.5, 0.6) is 5.75 Å². The van der Waals surface area contributed by atoms with Crippen LogP contribution in [0, 0.1) is 15.9 Å². The number of anilines is 2. The second-order valence-corrected chi connectivity index (χ2v) is 4.55. The van der Waals surface area contributed by atoms with Gasteiger partial charge in [-0.1, -0.05) is 0 Å². The van der Waals surface area contributed by atoms with E-state index in [2.05, 4.69) is 10.6 Å². The molecule has 2 aromatic carbocycles. The molecule has 2 N–H and O–H groups in total. The number of non-ortho nitro benzene ring substituents is 1. The minimum atomic E-state index is -0.564. The molecule has 0 radical (unpaired) electrons. The molecule has 0 aliphatic heterocycles. The van der Waals surface area contributed by atoms with Gasteiger partial charge in [0, 0.05) is 17.8 Å². The lowest BCUT2D eigenvalue weighted by Crippen LogP contribution is -2.22. The van der Waals surface area contributed by atoms with E-state index in [4.69, 9.17) is 4.74 Å². The van der Waals surface area contributed by atoms with E-state index in [1.165, 1.54) is 49.6 Å². The van der Waals surface area contributed by atoms with Gasteiger partial charge in [0.05, 0.1) is 24.3 Å². The monoisotopic (exact) mass is 319 g/mol. The van der Waals surface area contributed by atoms with Gasteiger partial charge in [0.25, 0.3) is 5.69 Å². The van der Waals surface area contributed by atoms with E-state index in [1.54, 1.807) is 0 Å². The lowest BCUT2D eigenvalue weighted by molar-refractivity contribution is -0.384. The summed E-state index contributed by atoms with van der Waals surface area (Å²) in [5.74, 6) is -0.486. The molecule has 0 unspecified atom stereocenters. The third-order valence-corrected chi connectivity index (χ3v) is 2.97. The minimum Gasteiger partial charge on any atom is -0.495 e. The lowest BCUT2D eigenvalue weighted by Gasteiger charge is -2.11. The molecule has 0 heterocycles. The standard InChI is InChI=1S/C15H14FN3O4/c1-23-14-7-6-12(19(21)22)8-13(14)18-15(20)9-17-11-4-2-10(16)3-5-11/h2-8,17H,9H2,1H3,(H,18,20). The van der Waals surface area contributed by atoms with Crippen molar-refractivity contribution in [1.29, 1.82) is 0 Å². The zero-order chi connectivity index (χ0) is 16.8. The number of nitro benzene ring substituents is 1. The molecule has 0 aromatic heterocycles. The van der Waals surface area contributed by atoms with Crippen LogP contribution in [-0.2, 0) is 4.79 Å². The number of halogens is 1.